The number of ether oxygens (including phenoxy) is 1. The van der Waals surface area contributed by atoms with E-state index in [1.165, 1.54) is 13.2 Å². The monoisotopic (exact) mass is 229 g/mol. The number of aromatic hydroxyl groups is 1. The zero-order valence-electron chi connectivity index (χ0n) is 8.50. The van der Waals surface area contributed by atoms with E-state index in [1.807, 2.05) is 0 Å². The number of rotatable bonds is 3. The van der Waals surface area contributed by atoms with Crippen molar-refractivity contribution in [3.8, 4) is 11.5 Å². The number of carbonyl (C=O) groups excluding carboxylic acids is 1. The highest BCUT2D eigenvalue weighted by atomic mass is 35.5. The summed E-state index contributed by atoms with van der Waals surface area (Å²) in [5.41, 5.74) is 6.06. The summed E-state index contributed by atoms with van der Waals surface area (Å²) in [4.78, 5) is 11.5. The molecule has 0 heterocycles. The Kier molecular flexibility index (Phi) is 3.55. The van der Waals surface area contributed by atoms with Crippen LogP contribution in [0.5, 0.6) is 11.5 Å². The van der Waals surface area contributed by atoms with Crippen molar-refractivity contribution in [1.29, 1.82) is 0 Å². The van der Waals surface area contributed by atoms with E-state index in [9.17, 15) is 9.90 Å². The molecule has 5 heteroatoms. The fourth-order valence-electron chi connectivity index (χ4n) is 1.36. The first kappa shape index (κ1) is 11.8. The number of hydrogen-bond acceptors (Lipinski definition) is 4. The van der Waals surface area contributed by atoms with Crippen LogP contribution in [0.25, 0.3) is 0 Å². The molecule has 0 amide bonds. The third kappa shape index (κ3) is 2.06. The van der Waals surface area contributed by atoms with Gasteiger partial charge in [-0.1, -0.05) is 11.6 Å². The first-order chi connectivity index (χ1) is 7.02. The molecule has 0 saturated carbocycles. The Balaban J connectivity index is 3.50. The molecule has 0 aliphatic rings. The van der Waals surface area contributed by atoms with Gasteiger partial charge in [0.2, 0.25) is 0 Å². The molecule has 1 rings (SSSR count). The van der Waals surface area contributed by atoms with E-state index in [2.05, 4.69) is 0 Å². The average molecular weight is 230 g/mol. The Hall–Kier alpha value is -1.26. The fraction of sp³-hybridized carbons (Fsp3) is 0.300. The number of hydrogen-bond donors (Lipinski definition) is 2. The molecule has 0 atom stereocenters. The number of ketones is 1. The van der Waals surface area contributed by atoms with Crippen molar-refractivity contribution in [1.82, 2.24) is 0 Å². The number of Topliss-reactive ketones (excluding diaryl/α,β-unsaturated/α-hetero) is 1. The molecule has 0 saturated heterocycles. The Morgan fingerprint density at radius 2 is 2.27 bits per heavy atom. The lowest BCUT2D eigenvalue weighted by Crippen LogP contribution is -2.16. The maximum Gasteiger partial charge on any atom is 0.180 e. The second-order valence-corrected chi connectivity index (χ2v) is 3.45. The summed E-state index contributed by atoms with van der Waals surface area (Å²) < 4.78 is 4.95. The first-order valence-corrected chi connectivity index (χ1v) is 4.70. The van der Waals surface area contributed by atoms with Crippen molar-refractivity contribution < 1.29 is 14.6 Å². The van der Waals surface area contributed by atoms with Gasteiger partial charge in [0.25, 0.3) is 0 Å². The van der Waals surface area contributed by atoms with Gasteiger partial charge in [0.15, 0.2) is 17.3 Å². The normalized spacial score (nSPS) is 10.1. The van der Waals surface area contributed by atoms with E-state index in [0.29, 0.717) is 10.6 Å². The van der Waals surface area contributed by atoms with Crippen LogP contribution in [-0.2, 0) is 0 Å². The topological polar surface area (TPSA) is 72.5 Å². The third-order valence-corrected chi connectivity index (χ3v) is 2.52. The van der Waals surface area contributed by atoms with Gasteiger partial charge in [0.1, 0.15) is 0 Å². The second-order valence-electron chi connectivity index (χ2n) is 3.04. The largest absolute Gasteiger partial charge is 0.504 e. The zero-order chi connectivity index (χ0) is 11.6. The molecule has 0 aliphatic heterocycles. The Morgan fingerprint density at radius 1 is 1.67 bits per heavy atom. The number of phenols is 1. The van der Waals surface area contributed by atoms with Crippen molar-refractivity contribution in [3.63, 3.8) is 0 Å². The molecule has 0 aliphatic carbocycles. The summed E-state index contributed by atoms with van der Waals surface area (Å²) in [6.45, 7) is 1.52. The Bertz CT molecular complexity index is 404. The zero-order valence-corrected chi connectivity index (χ0v) is 9.26. The minimum Gasteiger partial charge on any atom is -0.504 e. The van der Waals surface area contributed by atoms with Gasteiger partial charge in [0.05, 0.1) is 19.2 Å². The predicted molar refractivity (Wildman–Crippen MR) is 57.8 cm³/mol. The van der Waals surface area contributed by atoms with Gasteiger partial charge in [-0.05, 0) is 12.5 Å². The van der Waals surface area contributed by atoms with Crippen molar-refractivity contribution in [2.75, 3.05) is 13.7 Å². The van der Waals surface area contributed by atoms with Crippen LogP contribution in [0.3, 0.4) is 0 Å². The van der Waals surface area contributed by atoms with Gasteiger partial charge in [-0.15, -0.1) is 0 Å². The molecule has 1 aromatic carbocycles. The van der Waals surface area contributed by atoms with Gasteiger partial charge in [-0.3, -0.25) is 4.79 Å². The second kappa shape index (κ2) is 4.51. The van der Waals surface area contributed by atoms with Crippen molar-refractivity contribution in [2.45, 2.75) is 6.92 Å². The molecule has 1 aromatic rings. The highest BCUT2D eigenvalue weighted by Gasteiger charge is 2.19. The van der Waals surface area contributed by atoms with E-state index in [1.54, 1.807) is 6.92 Å². The standard InChI is InChI=1S/C10H12ClNO3/c1-5-6(11)3-7(13)10(15-2)9(5)8(14)4-12/h3,13H,4,12H2,1-2H3. The minimum atomic E-state index is -0.317. The van der Waals surface area contributed by atoms with Crippen LogP contribution in [0.1, 0.15) is 15.9 Å². The van der Waals surface area contributed by atoms with Crippen molar-refractivity contribution in [3.05, 3.63) is 22.2 Å². The molecular weight excluding hydrogens is 218 g/mol. The Morgan fingerprint density at radius 3 is 2.73 bits per heavy atom. The summed E-state index contributed by atoms with van der Waals surface area (Å²) >= 11 is 5.84. The van der Waals surface area contributed by atoms with E-state index >= 15 is 0 Å². The summed E-state index contributed by atoms with van der Waals surface area (Å²) in [6.07, 6.45) is 0. The van der Waals surface area contributed by atoms with Crippen molar-refractivity contribution in [2.24, 2.45) is 5.73 Å². The van der Waals surface area contributed by atoms with E-state index in [0.717, 1.165) is 0 Å². The van der Waals surface area contributed by atoms with E-state index in [-0.39, 0.29) is 29.4 Å². The van der Waals surface area contributed by atoms with Crippen molar-refractivity contribution >= 4 is 17.4 Å². The molecule has 0 fully saturated rings. The van der Waals surface area contributed by atoms with Crippen LogP contribution in [0.4, 0.5) is 0 Å². The number of phenolic OH excluding ortho intramolecular Hbond substituents is 1. The first-order valence-electron chi connectivity index (χ1n) is 4.32. The fourth-order valence-corrected chi connectivity index (χ4v) is 1.55. The molecule has 0 spiro atoms. The van der Waals surface area contributed by atoms with Crippen LogP contribution >= 0.6 is 11.6 Å². The lowest BCUT2D eigenvalue weighted by Gasteiger charge is -2.12. The van der Waals surface area contributed by atoms with Gasteiger partial charge in [-0.2, -0.15) is 0 Å². The smallest absolute Gasteiger partial charge is 0.180 e. The van der Waals surface area contributed by atoms with Crippen LogP contribution in [0.15, 0.2) is 6.07 Å². The van der Waals surface area contributed by atoms with Gasteiger partial charge in [0, 0.05) is 11.1 Å². The number of benzene rings is 1. The predicted octanol–water partition coefficient (Wildman–Crippen LogP) is 1.50. The molecule has 4 nitrogen and oxygen atoms in total. The number of methoxy groups -OCH3 is 1. The molecule has 82 valence electrons. The molecule has 0 bridgehead atoms. The molecule has 0 aromatic heterocycles. The molecule has 3 N–H and O–H groups in total. The summed E-state index contributed by atoms with van der Waals surface area (Å²) in [7, 11) is 1.37. The van der Waals surface area contributed by atoms with Crippen LogP contribution < -0.4 is 10.5 Å². The van der Waals surface area contributed by atoms with E-state index < -0.39 is 0 Å². The lowest BCUT2D eigenvalue weighted by atomic mass is 10.0. The third-order valence-electron chi connectivity index (χ3n) is 2.12. The highest BCUT2D eigenvalue weighted by molar-refractivity contribution is 6.32. The number of halogens is 1. The van der Waals surface area contributed by atoms with E-state index in [4.69, 9.17) is 22.1 Å². The minimum absolute atomic E-state index is 0.118. The maximum atomic E-state index is 11.5. The van der Waals surface area contributed by atoms with Crippen LogP contribution in [0.2, 0.25) is 5.02 Å². The molecule has 0 radical (unpaired) electrons. The van der Waals surface area contributed by atoms with Crippen LogP contribution in [0, 0.1) is 6.92 Å². The summed E-state index contributed by atoms with van der Waals surface area (Å²) in [6, 6.07) is 1.34. The van der Waals surface area contributed by atoms with Gasteiger partial charge in [-0.25, -0.2) is 0 Å². The van der Waals surface area contributed by atoms with Gasteiger partial charge < -0.3 is 15.6 Å². The quantitative estimate of drug-likeness (QED) is 0.771. The van der Waals surface area contributed by atoms with Crippen LogP contribution in [-0.4, -0.2) is 24.5 Å². The average Bonchev–Trinajstić information content (AvgIpc) is 2.21. The highest BCUT2D eigenvalue weighted by Crippen LogP contribution is 2.36. The number of carbonyl (C=O) groups is 1. The van der Waals surface area contributed by atoms with Gasteiger partial charge >= 0.3 is 0 Å². The molecule has 0 unspecified atom stereocenters. The maximum absolute atomic E-state index is 11.5. The number of nitrogens with two attached hydrogens (primary N) is 1. The SMILES string of the molecule is COc1c(O)cc(Cl)c(C)c1C(=O)CN. The lowest BCUT2D eigenvalue weighted by molar-refractivity contribution is 0.0997. The summed E-state index contributed by atoms with van der Waals surface area (Å²) in [5.74, 6) is -0.362. The molecule has 15 heavy (non-hydrogen) atoms. The molecular formula is C10H12ClNO3. The summed E-state index contributed by atoms with van der Waals surface area (Å²) in [5, 5.41) is 9.85. The Labute approximate surface area is 92.6 Å².